The number of pyridine rings is 1. The Kier molecular flexibility index (Phi) is 3.36. The van der Waals surface area contributed by atoms with Gasteiger partial charge in [0, 0.05) is 6.20 Å². The molecule has 1 aromatic carbocycles. The van der Waals surface area contributed by atoms with Gasteiger partial charge in [-0.2, -0.15) is 0 Å². The molecule has 0 fully saturated rings. The molecular weight excluding hydrogens is 279 g/mol. The summed E-state index contributed by atoms with van der Waals surface area (Å²) in [5.41, 5.74) is -0.548. The number of rotatable bonds is 2. The Balaban J connectivity index is 2.65. The van der Waals surface area contributed by atoms with Crippen molar-refractivity contribution in [3.05, 3.63) is 61.0 Å². The monoisotopic (exact) mass is 284 g/mol. The predicted octanol–water partition coefficient (Wildman–Crippen LogP) is 3.26. The van der Waals surface area contributed by atoms with E-state index >= 15 is 0 Å². The van der Waals surface area contributed by atoms with E-state index in [1.807, 2.05) is 0 Å². The van der Waals surface area contributed by atoms with E-state index < -0.39 is 16.0 Å². The van der Waals surface area contributed by atoms with Crippen LogP contribution >= 0.6 is 23.2 Å². The number of halogens is 2. The Labute approximate surface area is 111 Å². The average molecular weight is 285 g/mol. The molecule has 0 spiro atoms. The fourth-order valence-electron chi connectivity index (χ4n) is 1.49. The summed E-state index contributed by atoms with van der Waals surface area (Å²) in [7, 11) is 0. The molecule has 0 saturated carbocycles. The van der Waals surface area contributed by atoms with E-state index in [4.69, 9.17) is 23.2 Å². The topological polar surface area (TPSA) is 76.0 Å². The third-order valence-corrected chi connectivity index (χ3v) is 3.09. The third-order valence-electron chi connectivity index (χ3n) is 2.35. The minimum Gasteiger partial charge on any atom is -0.361 e. The lowest BCUT2D eigenvalue weighted by atomic mass is 10.1. The van der Waals surface area contributed by atoms with E-state index in [1.54, 1.807) is 6.07 Å². The Hall–Kier alpha value is -1.85. The third kappa shape index (κ3) is 2.23. The Morgan fingerprint density at radius 2 is 1.89 bits per heavy atom. The quantitative estimate of drug-likeness (QED) is 0.679. The summed E-state index contributed by atoms with van der Waals surface area (Å²) >= 11 is 11.6. The number of nitro groups is 1. The van der Waals surface area contributed by atoms with Crippen LogP contribution in [0, 0.1) is 10.1 Å². The first-order chi connectivity index (χ1) is 8.50. The first kappa shape index (κ1) is 12.6. The van der Waals surface area contributed by atoms with Crippen molar-refractivity contribution in [2.24, 2.45) is 0 Å². The lowest BCUT2D eigenvalue weighted by Gasteiger charge is -2.02. The lowest BCUT2D eigenvalue weighted by molar-refractivity contribution is -0.386. The Morgan fingerprint density at radius 1 is 1.17 bits per heavy atom. The van der Waals surface area contributed by atoms with Crippen LogP contribution in [0.5, 0.6) is 0 Å². The molecule has 0 unspecified atom stereocenters. The maximum Gasteiger partial charge on any atom is 0.332 e. The van der Waals surface area contributed by atoms with Gasteiger partial charge in [0.2, 0.25) is 0 Å². The number of benzene rings is 1. The molecule has 2 rings (SSSR count). The van der Waals surface area contributed by atoms with Gasteiger partial charge in [-0.15, -0.1) is 0 Å². The van der Waals surface area contributed by atoms with Gasteiger partial charge in [-0.25, -0.2) is 0 Å². The number of nitrogens with zero attached hydrogens (tertiary/aromatic N) is 1. The highest BCUT2D eigenvalue weighted by Crippen LogP contribution is 2.27. The highest BCUT2D eigenvalue weighted by molar-refractivity contribution is 6.42. The van der Waals surface area contributed by atoms with E-state index in [9.17, 15) is 14.9 Å². The number of hydrogen-bond donors (Lipinski definition) is 1. The number of aromatic nitrogens is 1. The SMILES string of the molecule is O=c1c(-c2ccc(Cl)c(Cl)c2)c[nH]cc1[N+](=O)[O-]. The van der Waals surface area contributed by atoms with Crippen molar-refractivity contribution in [1.29, 1.82) is 0 Å². The average Bonchev–Trinajstić information content (AvgIpc) is 2.33. The fourth-order valence-corrected chi connectivity index (χ4v) is 1.78. The van der Waals surface area contributed by atoms with Gasteiger partial charge < -0.3 is 4.98 Å². The molecule has 1 N–H and O–H groups in total. The molecule has 1 aromatic heterocycles. The van der Waals surface area contributed by atoms with Crippen molar-refractivity contribution in [1.82, 2.24) is 4.98 Å². The molecule has 92 valence electrons. The van der Waals surface area contributed by atoms with Crippen LogP contribution in [0.3, 0.4) is 0 Å². The molecule has 0 aliphatic rings. The summed E-state index contributed by atoms with van der Waals surface area (Å²) in [5.74, 6) is 0. The second-order valence-electron chi connectivity index (χ2n) is 3.47. The second kappa shape index (κ2) is 4.80. The summed E-state index contributed by atoms with van der Waals surface area (Å²) in [6.07, 6.45) is 2.43. The van der Waals surface area contributed by atoms with Crippen molar-refractivity contribution < 1.29 is 4.92 Å². The van der Waals surface area contributed by atoms with E-state index in [2.05, 4.69) is 4.98 Å². The minimum atomic E-state index is -0.736. The van der Waals surface area contributed by atoms with Gasteiger partial charge >= 0.3 is 5.69 Å². The fraction of sp³-hybridized carbons (Fsp3) is 0. The number of hydrogen-bond acceptors (Lipinski definition) is 3. The molecule has 0 amide bonds. The zero-order chi connectivity index (χ0) is 13.3. The van der Waals surface area contributed by atoms with Crippen LogP contribution in [0.1, 0.15) is 0 Å². The molecule has 0 atom stereocenters. The molecule has 0 saturated heterocycles. The van der Waals surface area contributed by atoms with Gasteiger partial charge in [-0.1, -0.05) is 29.3 Å². The largest absolute Gasteiger partial charge is 0.361 e. The molecular formula is C11H6Cl2N2O3. The first-order valence-corrected chi connectivity index (χ1v) is 5.57. The van der Waals surface area contributed by atoms with Crippen LogP contribution in [-0.2, 0) is 0 Å². The van der Waals surface area contributed by atoms with Crippen LogP contribution in [0.15, 0.2) is 35.4 Å². The van der Waals surface area contributed by atoms with Gasteiger partial charge in [-0.3, -0.25) is 14.9 Å². The first-order valence-electron chi connectivity index (χ1n) is 4.81. The summed E-state index contributed by atoms with van der Waals surface area (Å²) in [6.45, 7) is 0. The molecule has 0 bridgehead atoms. The van der Waals surface area contributed by atoms with Gasteiger partial charge in [0.15, 0.2) is 0 Å². The summed E-state index contributed by atoms with van der Waals surface area (Å²) in [5, 5.41) is 11.3. The highest BCUT2D eigenvalue weighted by atomic mass is 35.5. The van der Waals surface area contributed by atoms with Gasteiger partial charge in [0.25, 0.3) is 5.43 Å². The summed E-state index contributed by atoms with van der Waals surface area (Å²) < 4.78 is 0. The zero-order valence-electron chi connectivity index (χ0n) is 8.81. The van der Waals surface area contributed by atoms with Gasteiger partial charge in [0.1, 0.15) is 0 Å². The Morgan fingerprint density at radius 3 is 2.50 bits per heavy atom. The molecule has 1 heterocycles. The Bertz CT molecular complexity index is 682. The van der Waals surface area contributed by atoms with Crippen molar-refractivity contribution in [2.45, 2.75) is 0 Å². The molecule has 0 radical (unpaired) electrons. The van der Waals surface area contributed by atoms with Crippen molar-refractivity contribution in [3.63, 3.8) is 0 Å². The van der Waals surface area contributed by atoms with Crippen molar-refractivity contribution in [2.75, 3.05) is 0 Å². The van der Waals surface area contributed by atoms with Crippen LogP contribution in [0.25, 0.3) is 11.1 Å². The van der Waals surface area contributed by atoms with Crippen molar-refractivity contribution >= 4 is 28.9 Å². The lowest BCUT2D eigenvalue weighted by Crippen LogP contribution is -2.10. The van der Waals surface area contributed by atoms with Crippen LogP contribution < -0.4 is 5.43 Å². The molecule has 7 heteroatoms. The van der Waals surface area contributed by atoms with E-state index in [0.29, 0.717) is 10.6 Å². The number of aromatic amines is 1. The second-order valence-corrected chi connectivity index (χ2v) is 4.28. The summed E-state index contributed by atoms with van der Waals surface area (Å²) in [6, 6.07) is 4.58. The molecule has 0 aliphatic heterocycles. The standard InChI is InChI=1S/C11H6Cl2N2O3/c12-8-2-1-6(3-9(8)13)7-4-14-5-10(11(7)16)15(17)18/h1-5H,(H,14,16). The zero-order valence-corrected chi connectivity index (χ0v) is 10.3. The summed E-state index contributed by atoms with van der Waals surface area (Å²) in [4.78, 5) is 24.4. The molecule has 18 heavy (non-hydrogen) atoms. The highest BCUT2D eigenvalue weighted by Gasteiger charge is 2.16. The normalized spacial score (nSPS) is 10.3. The van der Waals surface area contributed by atoms with Crippen LogP contribution in [0.2, 0.25) is 10.0 Å². The van der Waals surface area contributed by atoms with Crippen molar-refractivity contribution in [3.8, 4) is 11.1 Å². The number of H-pyrrole nitrogens is 1. The van der Waals surface area contributed by atoms with E-state index in [0.717, 1.165) is 6.20 Å². The van der Waals surface area contributed by atoms with Crippen LogP contribution in [-0.4, -0.2) is 9.91 Å². The minimum absolute atomic E-state index is 0.169. The van der Waals surface area contributed by atoms with Gasteiger partial charge in [-0.05, 0) is 17.7 Å². The maximum absolute atomic E-state index is 11.9. The number of nitrogens with one attached hydrogen (secondary N) is 1. The maximum atomic E-state index is 11.9. The van der Waals surface area contributed by atoms with Gasteiger partial charge in [0.05, 0.1) is 26.7 Å². The van der Waals surface area contributed by atoms with E-state index in [-0.39, 0.29) is 10.6 Å². The molecule has 0 aliphatic carbocycles. The molecule has 5 nitrogen and oxygen atoms in total. The molecule has 2 aromatic rings. The smallest absolute Gasteiger partial charge is 0.332 e. The predicted molar refractivity (Wildman–Crippen MR) is 69.2 cm³/mol. The van der Waals surface area contributed by atoms with E-state index in [1.165, 1.54) is 18.3 Å². The van der Waals surface area contributed by atoms with Crippen LogP contribution in [0.4, 0.5) is 5.69 Å².